The predicted octanol–water partition coefficient (Wildman–Crippen LogP) is 3.56. The van der Waals surface area contributed by atoms with Crippen LogP contribution in [0.5, 0.6) is 0 Å². The van der Waals surface area contributed by atoms with Gasteiger partial charge in [0.25, 0.3) is 0 Å². The minimum atomic E-state index is -3.27. The second kappa shape index (κ2) is 5.63. The molecule has 0 rings (SSSR count). The Morgan fingerprint density at radius 3 is 2.07 bits per heavy atom. The lowest BCUT2D eigenvalue weighted by molar-refractivity contribution is 0.121. The third kappa shape index (κ3) is 11.8. The van der Waals surface area contributed by atoms with Crippen LogP contribution < -0.4 is 0 Å². The number of halogens is 6. The molecule has 1 radical (unpaired) electrons. The molecule has 0 nitrogen and oxygen atoms in total. The first-order valence-electron chi connectivity index (χ1n) is 3.17. The number of hydrogen-bond acceptors (Lipinski definition) is 0. The zero-order chi connectivity index (χ0) is 11.2. The van der Waals surface area contributed by atoms with Crippen LogP contribution in [0.4, 0.5) is 17.6 Å². The molecule has 0 bridgehead atoms. The quantitative estimate of drug-likeness (QED) is 0.391. The van der Waals surface area contributed by atoms with Gasteiger partial charge in [0.2, 0.25) is 0 Å². The van der Waals surface area contributed by atoms with Gasteiger partial charge in [0.15, 0.2) is 0 Å². The van der Waals surface area contributed by atoms with Gasteiger partial charge in [-0.15, -0.1) is 0 Å². The van der Waals surface area contributed by atoms with E-state index in [0.29, 0.717) is 0 Å². The second-order valence-electron chi connectivity index (χ2n) is 2.02. The zero-order valence-electron chi connectivity index (χ0n) is 6.55. The molecular weight excluding hydrogens is 332 g/mol. The molecule has 0 aliphatic rings. The molecule has 0 unspecified atom stereocenters. The van der Waals surface area contributed by atoms with Crippen molar-refractivity contribution in [2.75, 3.05) is 0 Å². The molecule has 0 N–H and O–H groups in total. The maximum Gasteiger partial charge on any atom is 0.363 e. The van der Waals surface area contributed by atoms with Crippen molar-refractivity contribution >= 4 is 31.9 Å². The van der Waals surface area contributed by atoms with E-state index >= 15 is 0 Å². The van der Waals surface area contributed by atoms with E-state index in [4.69, 9.17) is 0 Å². The van der Waals surface area contributed by atoms with Crippen LogP contribution in [0.1, 0.15) is 6.42 Å². The highest BCUT2D eigenvalue weighted by atomic mass is 79.9. The monoisotopic (exact) mass is 333 g/mol. The molecule has 0 aromatic carbocycles. The average Bonchev–Trinajstić information content (AvgIpc) is 1.92. The molecule has 77 valence electrons. The topological polar surface area (TPSA) is 0 Å². The Morgan fingerprint density at radius 2 is 1.64 bits per heavy atom. The Balaban J connectivity index is 3.89. The molecule has 0 saturated heterocycles. The lowest BCUT2D eigenvalue weighted by Gasteiger charge is -1.99. The summed E-state index contributed by atoms with van der Waals surface area (Å²) in [6.07, 6.45) is 0.184. The van der Waals surface area contributed by atoms with E-state index in [1.54, 1.807) is 0 Å². The van der Waals surface area contributed by atoms with E-state index < -0.39 is 16.1 Å². The normalized spacial score (nSPS) is 11.0. The lowest BCUT2D eigenvalue weighted by Crippen LogP contribution is -2.01. The highest BCUT2D eigenvalue weighted by Gasteiger charge is 2.21. The van der Waals surface area contributed by atoms with Crippen molar-refractivity contribution < 1.29 is 17.6 Å². The molecule has 0 fully saturated rings. The maximum absolute atomic E-state index is 12.1. The number of alkyl halides is 6. The molecule has 0 amide bonds. The fourth-order valence-corrected chi connectivity index (χ4v) is 0.611. The molecule has 0 aromatic heterocycles. The summed E-state index contributed by atoms with van der Waals surface area (Å²) in [6, 6.07) is 0. The Labute approximate surface area is 95.7 Å². The first kappa shape index (κ1) is 13.8. The summed E-state index contributed by atoms with van der Waals surface area (Å²) < 4.78 is 48.1. The van der Waals surface area contributed by atoms with E-state index in [2.05, 4.69) is 21.9 Å². The Morgan fingerprint density at radius 1 is 1.07 bits per heavy atom. The van der Waals surface area contributed by atoms with Crippen LogP contribution >= 0.6 is 31.9 Å². The summed E-state index contributed by atoms with van der Waals surface area (Å²) in [5.41, 5.74) is 0. The zero-order valence-corrected chi connectivity index (χ0v) is 9.72. The molecule has 6 heteroatoms. The van der Waals surface area contributed by atoms with Gasteiger partial charge >= 0.3 is 9.66 Å². The molecule has 0 spiro atoms. The SMILES string of the molecule is FC(F)(Br)C#C[CH]C#CCC(F)(F)Br. The third-order valence-electron chi connectivity index (χ3n) is 0.749. The standard InChI is InChI=1S/C8H3Br2F4/c9-7(11,12)5-3-1-2-4-6-8(10,13)14/h1H,6H2. The highest BCUT2D eigenvalue weighted by molar-refractivity contribution is 9.10. The number of hydrogen-bond donors (Lipinski definition) is 0. The largest absolute Gasteiger partial charge is 0.363 e. The summed E-state index contributed by atoms with van der Waals surface area (Å²) in [5, 5.41) is 0. The summed E-state index contributed by atoms with van der Waals surface area (Å²) in [5.74, 6) is 7.55. The highest BCUT2D eigenvalue weighted by Crippen LogP contribution is 2.24. The van der Waals surface area contributed by atoms with Crippen molar-refractivity contribution in [2.24, 2.45) is 0 Å². The fraction of sp³-hybridized carbons (Fsp3) is 0.375. The first-order chi connectivity index (χ1) is 6.21. The van der Waals surface area contributed by atoms with Gasteiger partial charge in [0, 0.05) is 15.9 Å². The summed E-state index contributed by atoms with van der Waals surface area (Å²) in [7, 11) is 0. The van der Waals surface area contributed by atoms with Crippen molar-refractivity contribution in [1.29, 1.82) is 0 Å². The van der Waals surface area contributed by atoms with Gasteiger partial charge < -0.3 is 0 Å². The van der Waals surface area contributed by atoms with Crippen LogP contribution in [-0.4, -0.2) is 9.66 Å². The van der Waals surface area contributed by atoms with E-state index in [9.17, 15) is 17.6 Å². The van der Waals surface area contributed by atoms with Crippen LogP contribution in [0.15, 0.2) is 0 Å². The first-order valence-corrected chi connectivity index (χ1v) is 4.75. The Bertz CT molecular complexity index is 292. The summed E-state index contributed by atoms with van der Waals surface area (Å²) in [4.78, 5) is -6.33. The van der Waals surface area contributed by atoms with Crippen molar-refractivity contribution in [3.63, 3.8) is 0 Å². The van der Waals surface area contributed by atoms with Crippen LogP contribution in [-0.2, 0) is 0 Å². The molecule has 0 saturated carbocycles. The molecule has 0 aromatic rings. The molecule has 0 aliphatic heterocycles. The predicted molar refractivity (Wildman–Crippen MR) is 52.2 cm³/mol. The maximum atomic E-state index is 12.1. The van der Waals surface area contributed by atoms with Gasteiger partial charge in [-0.2, -0.15) is 17.6 Å². The van der Waals surface area contributed by atoms with Gasteiger partial charge in [-0.1, -0.05) is 17.8 Å². The van der Waals surface area contributed by atoms with Crippen molar-refractivity contribution in [1.82, 2.24) is 0 Å². The minimum absolute atomic E-state index is 0.699. The van der Waals surface area contributed by atoms with Crippen LogP contribution in [0, 0.1) is 30.1 Å². The van der Waals surface area contributed by atoms with Crippen molar-refractivity contribution in [3.05, 3.63) is 6.42 Å². The fourth-order valence-electron chi connectivity index (χ4n) is 0.356. The van der Waals surface area contributed by atoms with Gasteiger partial charge in [-0.3, -0.25) is 0 Å². The molecule has 0 atom stereocenters. The molecule has 0 aliphatic carbocycles. The van der Waals surface area contributed by atoms with Gasteiger partial charge in [-0.25, -0.2) is 0 Å². The third-order valence-corrected chi connectivity index (χ3v) is 1.23. The Kier molecular flexibility index (Phi) is 5.54. The van der Waals surface area contributed by atoms with Crippen LogP contribution in [0.25, 0.3) is 0 Å². The van der Waals surface area contributed by atoms with Crippen LogP contribution in [0.2, 0.25) is 0 Å². The van der Waals surface area contributed by atoms with E-state index in [1.165, 1.54) is 5.92 Å². The van der Waals surface area contributed by atoms with Crippen LogP contribution in [0.3, 0.4) is 0 Å². The van der Waals surface area contributed by atoms with E-state index in [1.807, 2.05) is 27.8 Å². The Hall–Kier alpha value is -0.200. The van der Waals surface area contributed by atoms with Gasteiger partial charge in [-0.05, 0) is 21.9 Å². The smallest absolute Gasteiger partial charge is 0.193 e. The van der Waals surface area contributed by atoms with Crippen molar-refractivity contribution in [3.8, 4) is 23.7 Å². The van der Waals surface area contributed by atoms with E-state index in [0.717, 1.165) is 6.42 Å². The molecule has 14 heavy (non-hydrogen) atoms. The second-order valence-corrected chi connectivity index (χ2v) is 4.18. The van der Waals surface area contributed by atoms with Gasteiger partial charge in [0.1, 0.15) is 6.42 Å². The summed E-state index contributed by atoms with van der Waals surface area (Å²) >= 11 is 4.04. The van der Waals surface area contributed by atoms with Crippen molar-refractivity contribution in [2.45, 2.75) is 16.1 Å². The van der Waals surface area contributed by atoms with E-state index in [-0.39, 0.29) is 0 Å². The lowest BCUT2D eigenvalue weighted by atomic mass is 10.4. The minimum Gasteiger partial charge on any atom is -0.193 e. The molecular formula is C8H3Br2F4. The number of rotatable bonds is 1. The molecule has 0 heterocycles. The summed E-state index contributed by atoms with van der Waals surface area (Å²) in [6.45, 7) is 0. The van der Waals surface area contributed by atoms with Gasteiger partial charge in [0.05, 0.1) is 6.42 Å². The average molecular weight is 335 g/mol.